The van der Waals surface area contributed by atoms with E-state index in [0.717, 1.165) is 31.6 Å². The minimum absolute atomic E-state index is 0.724. The van der Waals surface area contributed by atoms with E-state index in [1.807, 2.05) is 6.92 Å². The predicted molar refractivity (Wildman–Crippen MR) is 73.5 cm³/mol. The van der Waals surface area contributed by atoms with Gasteiger partial charge in [0.1, 0.15) is 5.75 Å². The molecule has 0 aromatic heterocycles. The highest BCUT2D eigenvalue weighted by atomic mass is 16.5. The average Bonchev–Trinajstić information content (AvgIpc) is 2.33. The molecule has 1 rings (SSSR count). The molecule has 0 saturated heterocycles. The Morgan fingerprint density at radius 1 is 1.06 bits per heavy atom. The second-order valence-corrected chi connectivity index (χ2v) is 4.11. The lowest BCUT2D eigenvalue weighted by Gasteiger charge is -2.12. The van der Waals surface area contributed by atoms with Crippen molar-refractivity contribution in [2.75, 3.05) is 6.61 Å². The summed E-state index contributed by atoms with van der Waals surface area (Å²) >= 11 is 0. The van der Waals surface area contributed by atoms with E-state index in [2.05, 4.69) is 44.7 Å². The van der Waals surface area contributed by atoms with Crippen molar-refractivity contribution in [3.8, 4) is 17.6 Å². The van der Waals surface area contributed by atoms with E-state index >= 15 is 0 Å². The molecule has 1 aromatic carbocycles. The van der Waals surface area contributed by atoms with Crippen molar-refractivity contribution in [1.29, 1.82) is 0 Å². The lowest BCUT2D eigenvalue weighted by Crippen LogP contribution is -1.98. The third-order valence-corrected chi connectivity index (χ3v) is 2.97. The van der Waals surface area contributed by atoms with Crippen LogP contribution in [0, 0.1) is 25.7 Å². The number of benzene rings is 1. The first kappa shape index (κ1) is 13.6. The van der Waals surface area contributed by atoms with Gasteiger partial charge < -0.3 is 4.74 Å². The molecule has 0 aliphatic heterocycles. The van der Waals surface area contributed by atoms with Gasteiger partial charge in [-0.25, -0.2) is 0 Å². The standard InChI is InChI=1S/C16H22O/c1-5-7-8-9-10-15-11-12-16(17-6-2)14(4)13(15)3/h11-12H,5-6,9-10H2,1-4H3. The van der Waals surface area contributed by atoms with Gasteiger partial charge in [0.05, 0.1) is 6.61 Å². The number of ether oxygens (including phenoxy) is 1. The summed E-state index contributed by atoms with van der Waals surface area (Å²) in [6.07, 6.45) is 2.93. The summed E-state index contributed by atoms with van der Waals surface area (Å²) in [6, 6.07) is 4.25. The Bertz CT molecular complexity index is 421. The smallest absolute Gasteiger partial charge is 0.122 e. The van der Waals surface area contributed by atoms with Crippen LogP contribution in [-0.4, -0.2) is 6.61 Å². The third-order valence-electron chi connectivity index (χ3n) is 2.97. The van der Waals surface area contributed by atoms with Crippen LogP contribution in [0.5, 0.6) is 5.75 Å². The van der Waals surface area contributed by atoms with Crippen LogP contribution >= 0.6 is 0 Å². The van der Waals surface area contributed by atoms with Crippen LogP contribution in [0.3, 0.4) is 0 Å². The highest BCUT2D eigenvalue weighted by molar-refractivity contribution is 5.43. The minimum Gasteiger partial charge on any atom is -0.494 e. The van der Waals surface area contributed by atoms with Crippen molar-refractivity contribution in [3.05, 3.63) is 28.8 Å². The molecule has 0 atom stereocenters. The number of hydrogen-bond acceptors (Lipinski definition) is 1. The maximum atomic E-state index is 5.59. The van der Waals surface area contributed by atoms with Crippen LogP contribution in [0.15, 0.2) is 12.1 Å². The molecular formula is C16H22O. The lowest BCUT2D eigenvalue weighted by atomic mass is 9.99. The van der Waals surface area contributed by atoms with E-state index < -0.39 is 0 Å². The van der Waals surface area contributed by atoms with E-state index in [1.54, 1.807) is 0 Å². The maximum absolute atomic E-state index is 5.59. The van der Waals surface area contributed by atoms with Gasteiger partial charge in [-0.05, 0) is 49.9 Å². The van der Waals surface area contributed by atoms with E-state index in [1.165, 1.54) is 16.7 Å². The van der Waals surface area contributed by atoms with Gasteiger partial charge in [-0.1, -0.05) is 13.0 Å². The Hall–Kier alpha value is -1.42. The third kappa shape index (κ3) is 3.82. The quantitative estimate of drug-likeness (QED) is 0.709. The summed E-state index contributed by atoms with van der Waals surface area (Å²) < 4.78 is 5.59. The Morgan fingerprint density at radius 3 is 2.47 bits per heavy atom. The molecule has 0 aliphatic carbocycles. The molecular weight excluding hydrogens is 208 g/mol. The fourth-order valence-corrected chi connectivity index (χ4v) is 1.85. The summed E-state index contributed by atoms with van der Waals surface area (Å²) in [5.74, 6) is 7.31. The number of hydrogen-bond donors (Lipinski definition) is 0. The second-order valence-electron chi connectivity index (χ2n) is 4.11. The lowest BCUT2D eigenvalue weighted by molar-refractivity contribution is 0.337. The first-order valence-corrected chi connectivity index (χ1v) is 6.38. The summed E-state index contributed by atoms with van der Waals surface area (Å²) in [5.41, 5.74) is 3.98. The molecule has 0 fully saturated rings. The van der Waals surface area contributed by atoms with E-state index in [-0.39, 0.29) is 0 Å². The predicted octanol–water partition coefficient (Wildman–Crippen LogP) is 4.05. The molecule has 0 amide bonds. The molecule has 92 valence electrons. The molecule has 1 aromatic rings. The van der Waals surface area contributed by atoms with Crippen molar-refractivity contribution < 1.29 is 4.74 Å². The van der Waals surface area contributed by atoms with Crippen molar-refractivity contribution in [2.45, 2.75) is 47.0 Å². The average molecular weight is 230 g/mol. The number of aryl methyl sites for hydroxylation is 1. The molecule has 0 bridgehead atoms. The van der Waals surface area contributed by atoms with Crippen LogP contribution in [-0.2, 0) is 6.42 Å². The highest BCUT2D eigenvalue weighted by Crippen LogP contribution is 2.24. The molecule has 0 unspecified atom stereocenters. The van der Waals surface area contributed by atoms with Crippen molar-refractivity contribution in [3.63, 3.8) is 0 Å². The molecule has 0 saturated carbocycles. The van der Waals surface area contributed by atoms with Gasteiger partial charge >= 0.3 is 0 Å². The summed E-state index contributed by atoms with van der Waals surface area (Å²) in [5, 5.41) is 0. The van der Waals surface area contributed by atoms with Crippen LogP contribution in [0.25, 0.3) is 0 Å². The van der Waals surface area contributed by atoms with Gasteiger partial charge in [0.2, 0.25) is 0 Å². The van der Waals surface area contributed by atoms with E-state index in [0.29, 0.717) is 0 Å². The summed E-state index contributed by atoms with van der Waals surface area (Å²) in [7, 11) is 0. The van der Waals surface area contributed by atoms with Crippen LogP contribution in [0.1, 0.15) is 43.4 Å². The molecule has 0 N–H and O–H groups in total. The summed E-state index contributed by atoms with van der Waals surface area (Å²) in [6.45, 7) is 9.12. The van der Waals surface area contributed by atoms with E-state index in [4.69, 9.17) is 4.74 Å². The van der Waals surface area contributed by atoms with E-state index in [9.17, 15) is 0 Å². The van der Waals surface area contributed by atoms with Crippen LogP contribution < -0.4 is 4.74 Å². The van der Waals surface area contributed by atoms with Crippen molar-refractivity contribution in [1.82, 2.24) is 0 Å². The zero-order chi connectivity index (χ0) is 12.7. The largest absolute Gasteiger partial charge is 0.494 e. The molecule has 1 heteroatoms. The first-order valence-electron chi connectivity index (χ1n) is 6.38. The Balaban J connectivity index is 2.78. The Kier molecular flexibility index (Phi) is 5.63. The molecule has 0 aliphatic rings. The normalized spacial score (nSPS) is 9.65. The van der Waals surface area contributed by atoms with Crippen molar-refractivity contribution >= 4 is 0 Å². The molecule has 1 nitrogen and oxygen atoms in total. The Morgan fingerprint density at radius 2 is 1.82 bits per heavy atom. The van der Waals surface area contributed by atoms with Gasteiger partial charge in [-0.3, -0.25) is 0 Å². The van der Waals surface area contributed by atoms with Crippen LogP contribution in [0.2, 0.25) is 0 Å². The van der Waals surface area contributed by atoms with Gasteiger partial charge in [0, 0.05) is 12.8 Å². The molecule has 0 spiro atoms. The number of rotatable bonds is 4. The SMILES string of the molecule is CCC#CCCc1ccc(OCC)c(C)c1C. The van der Waals surface area contributed by atoms with Crippen molar-refractivity contribution in [2.24, 2.45) is 0 Å². The fraction of sp³-hybridized carbons (Fsp3) is 0.500. The van der Waals surface area contributed by atoms with Gasteiger partial charge in [-0.15, -0.1) is 11.8 Å². The van der Waals surface area contributed by atoms with Gasteiger partial charge in [0.25, 0.3) is 0 Å². The fourth-order valence-electron chi connectivity index (χ4n) is 1.85. The molecule has 0 radical (unpaired) electrons. The maximum Gasteiger partial charge on any atom is 0.122 e. The Labute approximate surface area is 105 Å². The molecule has 17 heavy (non-hydrogen) atoms. The summed E-state index contributed by atoms with van der Waals surface area (Å²) in [4.78, 5) is 0. The zero-order valence-electron chi connectivity index (χ0n) is 11.4. The van der Waals surface area contributed by atoms with Gasteiger partial charge in [-0.2, -0.15) is 0 Å². The topological polar surface area (TPSA) is 9.23 Å². The highest BCUT2D eigenvalue weighted by Gasteiger charge is 2.06. The van der Waals surface area contributed by atoms with Crippen LogP contribution in [0.4, 0.5) is 0 Å². The second kappa shape index (κ2) is 7.01. The van der Waals surface area contributed by atoms with Gasteiger partial charge in [0.15, 0.2) is 0 Å². The first-order chi connectivity index (χ1) is 8.20. The monoisotopic (exact) mass is 230 g/mol. The zero-order valence-corrected chi connectivity index (χ0v) is 11.4. The molecule has 0 heterocycles. The minimum atomic E-state index is 0.724.